The summed E-state index contributed by atoms with van der Waals surface area (Å²) in [6.45, 7) is 7.45. The summed E-state index contributed by atoms with van der Waals surface area (Å²) in [7, 11) is 1.70. The first-order valence-corrected chi connectivity index (χ1v) is 10.1. The summed E-state index contributed by atoms with van der Waals surface area (Å²) in [5, 5.41) is 3.05. The number of methoxy groups -OCH3 is 1. The number of aryl methyl sites for hydroxylation is 1. The predicted octanol–water partition coefficient (Wildman–Crippen LogP) is 3.01. The van der Waals surface area contributed by atoms with Crippen LogP contribution in [0.4, 0.5) is 11.4 Å². The highest BCUT2D eigenvalue weighted by atomic mass is 16.5. The lowest BCUT2D eigenvalue weighted by Crippen LogP contribution is -2.61. The van der Waals surface area contributed by atoms with Gasteiger partial charge >= 0.3 is 0 Å². The van der Waals surface area contributed by atoms with Crippen molar-refractivity contribution in [2.45, 2.75) is 26.3 Å². The number of carbonyl (C=O) groups is 1. The lowest BCUT2D eigenvalue weighted by atomic mass is 9.83. The Kier molecular flexibility index (Phi) is 5.16. The number of nitrogens with one attached hydrogen (secondary N) is 1. The number of ether oxygens (including phenoxy) is 1. The van der Waals surface area contributed by atoms with Crippen LogP contribution in [0.25, 0.3) is 0 Å². The molecule has 1 fully saturated rings. The molecular formula is C23H29N3O2. The van der Waals surface area contributed by atoms with E-state index >= 15 is 0 Å². The zero-order valence-corrected chi connectivity index (χ0v) is 16.9. The first-order chi connectivity index (χ1) is 13.6. The van der Waals surface area contributed by atoms with E-state index in [1.807, 2.05) is 13.0 Å². The predicted molar refractivity (Wildman–Crippen MR) is 113 cm³/mol. The van der Waals surface area contributed by atoms with Crippen LogP contribution in [0, 0.1) is 12.8 Å². The molecule has 0 saturated carbocycles. The number of fused-ring (bicyclic) bond motifs is 3. The smallest absolute Gasteiger partial charge is 0.225 e. The highest BCUT2D eigenvalue weighted by Crippen LogP contribution is 2.38. The lowest BCUT2D eigenvalue weighted by Gasteiger charge is -2.49. The Morgan fingerprint density at radius 1 is 1.18 bits per heavy atom. The van der Waals surface area contributed by atoms with Gasteiger partial charge in [0.15, 0.2) is 0 Å². The lowest BCUT2D eigenvalue weighted by molar-refractivity contribution is -0.125. The molecule has 4 rings (SSSR count). The molecular weight excluding hydrogens is 350 g/mol. The highest BCUT2D eigenvalue weighted by molar-refractivity contribution is 5.82. The average Bonchev–Trinajstić information content (AvgIpc) is 2.73. The molecule has 2 aliphatic heterocycles. The molecule has 2 heterocycles. The minimum absolute atomic E-state index is 0.0471. The highest BCUT2D eigenvalue weighted by Gasteiger charge is 2.41. The van der Waals surface area contributed by atoms with Gasteiger partial charge in [-0.25, -0.2) is 0 Å². The zero-order chi connectivity index (χ0) is 19.7. The van der Waals surface area contributed by atoms with Gasteiger partial charge in [-0.2, -0.15) is 0 Å². The summed E-state index contributed by atoms with van der Waals surface area (Å²) in [6, 6.07) is 15.1. The van der Waals surface area contributed by atoms with Crippen LogP contribution in [0.2, 0.25) is 0 Å². The van der Waals surface area contributed by atoms with Crippen molar-refractivity contribution in [1.82, 2.24) is 5.32 Å². The number of carbonyl (C=O) groups excluding carboxylic acids is 1. The van der Waals surface area contributed by atoms with E-state index < -0.39 is 0 Å². The quantitative estimate of drug-likeness (QED) is 0.887. The number of rotatable bonds is 4. The molecule has 1 N–H and O–H groups in total. The SMILES string of the molecule is CCNC(=O)[C@H]1Cc2ccc(OC)cc2N2CCN(c3ccc(C)cc3)C[C@@H]12. The molecule has 1 saturated heterocycles. The van der Waals surface area contributed by atoms with E-state index in [0.29, 0.717) is 6.54 Å². The van der Waals surface area contributed by atoms with Gasteiger partial charge < -0.3 is 19.9 Å². The van der Waals surface area contributed by atoms with Gasteiger partial charge in [0.2, 0.25) is 5.91 Å². The van der Waals surface area contributed by atoms with E-state index in [2.05, 4.69) is 58.4 Å². The maximum absolute atomic E-state index is 12.9. The number of hydrogen-bond donors (Lipinski definition) is 1. The molecule has 0 spiro atoms. The van der Waals surface area contributed by atoms with E-state index in [4.69, 9.17) is 4.74 Å². The van der Waals surface area contributed by atoms with Gasteiger partial charge in [-0.1, -0.05) is 23.8 Å². The van der Waals surface area contributed by atoms with Crippen LogP contribution in [0.15, 0.2) is 42.5 Å². The maximum Gasteiger partial charge on any atom is 0.225 e. The first kappa shape index (κ1) is 18.7. The van der Waals surface area contributed by atoms with E-state index in [9.17, 15) is 4.79 Å². The maximum atomic E-state index is 12.9. The van der Waals surface area contributed by atoms with Crippen molar-refractivity contribution in [2.24, 2.45) is 5.92 Å². The van der Waals surface area contributed by atoms with Gasteiger partial charge in [0.25, 0.3) is 0 Å². The molecule has 2 atom stereocenters. The van der Waals surface area contributed by atoms with E-state index in [-0.39, 0.29) is 17.9 Å². The van der Waals surface area contributed by atoms with Gasteiger partial charge in [-0.15, -0.1) is 0 Å². The molecule has 0 unspecified atom stereocenters. The number of nitrogens with zero attached hydrogens (tertiary/aromatic N) is 2. The van der Waals surface area contributed by atoms with E-state index in [1.54, 1.807) is 7.11 Å². The summed E-state index contributed by atoms with van der Waals surface area (Å²) in [6.07, 6.45) is 0.772. The fourth-order valence-corrected chi connectivity index (χ4v) is 4.50. The summed E-state index contributed by atoms with van der Waals surface area (Å²) in [5.74, 6) is 0.980. The molecule has 5 heteroatoms. The van der Waals surface area contributed by atoms with Gasteiger partial charge in [0.1, 0.15) is 5.75 Å². The second-order valence-electron chi connectivity index (χ2n) is 7.74. The molecule has 5 nitrogen and oxygen atoms in total. The molecule has 0 bridgehead atoms. The van der Waals surface area contributed by atoms with E-state index in [0.717, 1.165) is 31.8 Å². The number of piperazine rings is 1. The minimum Gasteiger partial charge on any atom is -0.497 e. The summed E-state index contributed by atoms with van der Waals surface area (Å²) >= 11 is 0. The molecule has 0 aromatic heterocycles. The summed E-state index contributed by atoms with van der Waals surface area (Å²) < 4.78 is 5.46. The molecule has 2 aromatic rings. The molecule has 0 aliphatic carbocycles. The Morgan fingerprint density at radius 3 is 2.68 bits per heavy atom. The van der Waals surface area contributed by atoms with Gasteiger partial charge in [0, 0.05) is 43.6 Å². The normalized spacial score (nSPS) is 21.0. The minimum atomic E-state index is -0.0471. The molecule has 2 aliphatic rings. The molecule has 0 radical (unpaired) electrons. The van der Waals surface area contributed by atoms with Crippen LogP contribution in [-0.2, 0) is 11.2 Å². The second kappa shape index (κ2) is 7.74. The third-order valence-electron chi connectivity index (χ3n) is 6.01. The van der Waals surface area contributed by atoms with Crippen molar-refractivity contribution in [1.29, 1.82) is 0 Å². The Balaban J connectivity index is 1.67. The fraction of sp³-hybridized carbons (Fsp3) is 0.435. The van der Waals surface area contributed by atoms with Crippen LogP contribution in [-0.4, -0.2) is 45.2 Å². The van der Waals surface area contributed by atoms with Crippen LogP contribution < -0.4 is 19.9 Å². The third kappa shape index (κ3) is 3.41. The molecule has 1 amide bonds. The second-order valence-corrected chi connectivity index (χ2v) is 7.74. The van der Waals surface area contributed by atoms with Gasteiger partial charge in [0.05, 0.1) is 19.1 Å². The van der Waals surface area contributed by atoms with Crippen molar-refractivity contribution in [3.8, 4) is 5.75 Å². The summed E-state index contributed by atoms with van der Waals surface area (Å²) in [5.41, 5.74) is 4.95. The van der Waals surface area contributed by atoms with Gasteiger partial charge in [-0.3, -0.25) is 4.79 Å². The van der Waals surface area contributed by atoms with Crippen molar-refractivity contribution in [3.05, 3.63) is 53.6 Å². The average molecular weight is 380 g/mol. The van der Waals surface area contributed by atoms with Gasteiger partial charge in [-0.05, 0) is 44.0 Å². The standard InChI is InChI=1S/C23H29N3O2/c1-4-24-23(27)20-13-17-7-10-19(28-3)14-21(17)26-12-11-25(15-22(20)26)18-8-5-16(2)6-9-18/h5-10,14,20,22H,4,11-13,15H2,1-3H3,(H,24,27)/t20-,22-/m0/s1. The molecule has 28 heavy (non-hydrogen) atoms. The van der Waals surface area contributed by atoms with Crippen LogP contribution in [0.1, 0.15) is 18.1 Å². The van der Waals surface area contributed by atoms with Crippen molar-refractivity contribution < 1.29 is 9.53 Å². The largest absolute Gasteiger partial charge is 0.497 e. The summed E-state index contributed by atoms with van der Waals surface area (Å²) in [4.78, 5) is 17.7. The molecule has 148 valence electrons. The number of anilines is 2. The zero-order valence-electron chi connectivity index (χ0n) is 16.9. The van der Waals surface area contributed by atoms with Crippen molar-refractivity contribution in [3.63, 3.8) is 0 Å². The van der Waals surface area contributed by atoms with Crippen molar-refractivity contribution in [2.75, 3.05) is 43.1 Å². The number of hydrogen-bond acceptors (Lipinski definition) is 4. The Bertz CT molecular complexity index is 849. The van der Waals surface area contributed by atoms with Crippen LogP contribution in [0.3, 0.4) is 0 Å². The Labute approximate surface area is 167 Å². The van der Waals surface area contributed by atoms with Crippen LogP contribution in [0.5, 0.6) is 5.75 Å². The van der Waals surface area contributed by atoms with E-state index in [1.165, 1.54) is 22.5 Å². The monoisotopic (exact) mass is 379 g/mol. The molecule has 2 aromatic carbocycles. The van der Waals surface area contributed by atoms with Crippen molar-refractivity contribution >= 4 is 17.3 Å². The van der Waals surface area contributed by atoms with Crippen LogP contribution >= 0.6 is 0 Å². The first-order valence-electron chi connectivity index (χ1n) is 10.1. The topological polar surface area (TPSA) is 44.8 Å². The Morgan fingerprint density at radius 2 is 1.96 bits per heavy atom. The number of amides is 1. The fourth-order valence-electron chi connectivity index (χ4n) is 4.50. The Hall–Kier alpha value is -2.69. The number of benzene rings is 2. The third-order valence-corrected chi connectivity index (χ3v) is 6.01.